The lowest BCUT2D eigenvalue weighted by Gasteiger charge is -2.10. The number of nitriles is 1. The summed E-state index contributed by atoms with van der Waals surface area (Å²) < 4.78 is 4.03. The molecule has 7 heteroatoms. The molecule has 0 atom stereocenters. The van der Waals surface area contributed by atoms with Crippen molar-refractivity contribution >= 4 is 52.6 Å². The third-order valence-electron chi connectivity index (χ3n) is 1.94. The second-order valence-electron chi connectivity index (χ2n) is 2.79. The fraction of sp³-hybridized carbons (Fsp3) is 0.111. The molecule has 0 unspecified atom stereocenters. The first-order valence-corrected chi connectivity index (χ1v) is 5.30. The molecule has 16 heavy (non-hydrogen) atoms. The lowest BCUT2D eigenvalue weighted by Crippen LogP contribution is -2.05. The van der Waals surface area contributed by atoms with Gasteiger partial charge in [0.15, 0.2) is 0 Å². The molecule has 0 saturated carbocycles. The molecule has 0 heterocycles. The molecule has 0 aromatic heterocycles. The number of nitrogens with zero attached hydrogens (tertiary/aromatic N) is 1. The zero-order valence-electron chi connectivity index (χ0n) is 7.78. The van der Waals surface area contributed by atoms with E-state index in [-0.39, 0.29) is 26.2 Å². The van der Waals surface area contributed by atoms with E-state index in [1.165, 1.54) is 6.92 Å². The topological polar surface area (TPSA) is 50.1 Å². The standard InChI is InChI=1S/C9H3Cl4NO2/c1-3-5(9(15)16-13)8(12)7(11)4(2-14)6(3)10/h1H3. The van der Waals surface area contributed by atoms with Crippen LogP contribution >= 0.6 is 46.7 Å². The quantitative estimate of drug-likeness (QED) is 0.732. The van der Waals surface area contributed by atoms with E-state index >= 15 is 0 Å². The zero-order chi connectivity index (χ0) is 12.5. The molecular weight excluding hydrogens is 296 g/mol. The van der Waals surface area contributed by atoms with Crippen LogP contribution in [0, 0.1) is 18.3 Å². The predicted octanol–water partition coefficient (Wildman–Crippen LogP) is 4.14. The van der Waals surface area contributed by atoms with E-state index in [2.05, 4.69) is 4.29 Å². The maximum absolute atomic E-state index is 11.3. The van der Waals surface area contributed by atoms with Gasteiger partial charge in [-0.2, -0.15) is 5.26 Å². The molecule has 0 fully saturated rings. The highest BCUT2D eigenvalue weighted by Gasteiger charge is 2.24. The van der Waals surface area contributed by atoms with Gasteiger partial charge >= 0.3 is 5.97 Å². The van der Waals surface area contributed by atoms with Crippen LogP contribution in [0.1, 0.15) is 21.5 Å². The van der Waals surface area contributed by atoms with E-state index in [4.69, 9.17) is 51.9 Å². The number of benzene rings is 1. The molecule has 0 aliphatic heterocycles. The Labute approximate surface area is 112 Å². The van der Waals surface area contributed by atoms with Crippen molar-refractivity contribution in [2.75, 3.05) is 0 Å². The smallest absolute Gasteiger partial charge is 0.343 e. The minimum Gasteiger partial charge on any atom is -0.343 e. The number of hydrogen-bond acceptors (Lipinski definition) is 3. The largest absolute Gasteiger partial charge is 0.358 e. The minimum atomic E-state index is -0.877. The number of carbonyl (C=O) groups is 1. The first-order valence-electron chi connectivity index (χ1n) is 3.85. The SMILES string of the molecule is Cc1c(Cl)c(C#N)c(Cl)c(Cl)c1C(=O)OCl. The van der Waals surface area contributed by atoms with Gasteiger partial charge in [-0.05, 0) is 12.5 Å². The van der Waals surface area contributed by atoms with E-state index in [1.54, 1.807) is 6.07 Å². The molecule has 1 rings (SSSR count). The second kappa shape index (κ2) is 5.11. The van der Waals surface area contributed by atoms with Gasteiger partial charge < -0.3 is 4.29 Å². The van der Waals surface area contributed by atoms with E-state index in [9.17, 15) is 4.79 Å². The Morgan fingerprint density at radius 3 is 2.25 bits per heavy atom. The van der Waals surface area contributed by atoms with Gasteiger partial charge in [-0.3, -0.25) is 0 Å². The van der Waals surface area contributed by atoms with Gasteiger partial charge in [0.2, 0.25) is 0 Å². The highest BCUT2D eigenvalue weighted by atomic mass is 35.5. The molecule has 0 bridgehead atoms. The summed E-state index contributed by atoms with van der Waals surface area (Å²) in [5, 5.41) is 8.66. The van der Waals surface area contributed by atoms with Crippen molar-refractivity contribution in [3.05, 3.63) is 31.8 Å². The van der Waals surface area contributed by atoms with E-state index in [0.29, 0.717) is 5.56 Å². The van der Waals surface area contributed by atoms with Gasteiger partial charge in [0.1, 0.15) is 17.9 Å². The van der Waals surface area contributed by atoms with E-state index in [0.717, 1.165) is 0 Å². The van der Waals surface area contributed by atoms with Crippen LogP contribution in [-0.2, 0) is 4.29 Å². The Bertz CT molecular complexity index is 478. The Hall–Kier alpha value is -0.660. The summed E-state index contributed by atoms with van der Waals surface area (Å²) in [4.78, 5) is 11.3. The van der Waals surface area contributed by atoms with Crippen molar-refractivity contribution in [2.45, 2.75) is 6.92 Å². The van der Waals surface area contributed by atoms with Crippen LogP contribution in [0.4, 0.5) is 0 Å². The van der Waals surface area contributed by atoms with E-state index in [1.807, 2.05) is 0 Å². The maximum Gasteiger partial charge on any atom is 0.358 e. The van der Waals surface area contributed by atoms with Crippen molar-refractivity contribution < 1.29 is 9.08 Å². The Morgan fingerprint density at radius 2 is 1.81 bits per heavy atom. The van der Waals surface area contributed by atoms with Gasteiger partial charge in [-0.25, -0.2) is 4.79 Å². The van der Waals surface area contributed by atoms with Crippen LogP contribution in [0.3, 0.4) is 0 Å². The molecule has 0 radical (unpaired) electrons. The van der Waals surface area contributed by atoms with Gasteiger partial charge in [-0.15, -0.1) is 0 Å². The molecule has 1 aromatic rings. The van der Waals surface area contributed by atoms with Crippen LogP contribution in [0.25, 0.3) is 0 Å². The lowest BCUT2D eigenvalue weighted by molar-refractivity contribution is 0.0751. The van der Waals surface area contributed by atoms with Crippen molar-refractivity contribution in [2.24, 2.45) is 0 Å². The molecule has 0 spiro atoms. The lowest BCUT2D eigenvalue weighted by atomic mass is 10.1. The van der Waals surface area contributed by atoms with Crippen LogP contribution in [0.2, 0.25) is 15.1 Å². The van der Waals surface area contributed by atoms with Crippen LogP contribution in [0.5, 0.6) is 0 Å². The Kier molecular flexibility index (Phi) is 4.28. The third kappa shape index (κ3) is 2.07. The summed E-state index contributed by atoms with van der Waals surface area (Å²) in [7, 11) is 0. The Morgan fingerprint density at radius 1 is 1.25 bits per heavy atom. The second-order valence-corrected chi connectivity index (χ2v) is 4.08. The fourth-order valence-corrected chi connectivity index (χ4v) is 2.06. The van der Waals surface area contributed by atoms with E-state index < -0.39 is 5.97 Å². The molecule has 84 valence electrons. The first-order chi connectivity index (χ1) is 7.45. The van der Waals surface area contributed by atoms with Crippen molar-refractivity contribution in [3.8, 4) is 6.07 Å². The van der Waals surface area contributed by atoms with Gasteiger partial charge in [0.25, 0.3) is 0 Å². The molecule has 0 aliphatic rings. The summed E-state index contributed by atoms with van der Waals surface area (Å²) >= 11 is 22.4. The molecule has 0 aliphatic carbocycles. The van der Waals surface area contributed by atoms with Crippen molar-refractivity contribution in [1.29, 1.82) is 5.26 Å². The average molecular weight is 299 g/mol. The summed E-state index contributed by atoms with van der Waals surface area (Å²) in [6.07, 6.45) is 0. The van der Waals surface area contributed by atoms with Crippen molar-refractivity contribution in [3.63, 3.8) is 0 Å². The van der Waals surface area contributed by atoms with Crippen LogP contribution < -0.4 is 0 Å². The highest BCUT2D eigenvalue weighted by Crippen LogP contribution is 2.38. The average Bonchev–Trinajstić information content (AvgIpc) is 2.27. The third-order valence-corrected chi connectivity index (χ3v) is 3.41. The molecular formula is C9H3Cl4NO2. The summed E-state index contributed by atoms with van der Waals surface area (Å²) in [6.45, 7) is 1.51. The van der Waals surface area contributed by atoms with Crippen molar-refractivity contribution in [1.82, 2.24) is 0 Å². The normalized spacial score (nSPS) is 9.75. The number of hydrogen-bond donors (Lipinski definition) is 0. The summed E-state index contributed by atoms with van der Waals surface area (Å²) in [6, 6.07) is 1.80. The van der Waals surface area contributed by atoms with Gasteiger partial charge in [0, 0.05) is 0 Å². The number of rotatable bonds is 1. The number of carbonyl (C=O) groups excluding carboxylic acids is 1. The van der Waals surface area contributed by atoms with Crippen LogP contribution in [0.15, 0.2) is 0 Å². The van der Waals surface area contributed by atoms with Gasteiger partial charge in [-0.1, -0.05) is 34.8 Å². The zero-order valence-corrected chi connectivity index (χ0v) is 10.8. The molecule has 1 aromatic carbocycles. The molecule has 0 N–H and O–H groups in total. The fourth-order valence-electron chi connectivity index (χ4n) is 1.16. The highest BCUT2D eigenvalue weighted by molar-refractivity contribution is 6.46. The monoisotopic (exact) mass is 297 g/mol. The molecule has 0 amide bonds. The maximum atomic E-state index is 11.3. The summed E-state index contributed by atoms with van der Waals surface area (Å²) in [5.74, 6) is -0.877. The van der Waals surface area contributed by atoms with Crippen LogP contribution in [-0.4, -0.2) is 5.97 Å². The first kappa shape index (κ1) is 13.4. The summed E-state index contributed by atoms with van der Waals surface area (Å²) in [5.41, 5.74) is 0.251. The minimum absolute atomic E-state index is 0.0111. The predicted molar refractivity (Wildman–Crippen MR) is 62.2 cm³/mol. The molecule has 3 nitrogen and oxygen atoms in total. The molecule has 0 saturated heterocycles. The Balaban J connectivity index is 3.68. The number of halogens is 4. The van der Waals surface area contributed by atoms with Gasteiger partial charge in [0.05, 0.1) is 26.2 Å².